The molecule has 1 N–H and O–H groups in total. The van der Waals surface area contributed by atoms with Gasteiger partial charge in [0.25, 0.3) is 0 Å². The summed E-state index contributed by atoms with van der Waals surface area (Å²) in [5.74, 6) is 0. The summed E-state index contributed by atoms with van der Waals surface area (Å²) in [5, 5.41) is 1.14. The maximum atomic E-state index is 10.7. The van der Waals surface area contributed by atoms with E-state index in [-0.39, 0.29) is 0 Å². The molecule has 1 aromatic carbocycles. The number of carbonyl (C=O) groups excluding carboxylic acids is 1. The van der Waals surface area contributed by atoms with Crippen molar-refractivity contribution in [3.63, 3.8) is 0 Å². The fourth-order valence-electron chi connectivity index (χ4n) is 1.60. The van der Waals surface area contributed by atoms with E-state index < -0.39 is 0 Å². The average molecular weight is 173 g/mol. The molecule has 0 spiro atoms. The number of carbonyl (C=O) groups is 1. The Hall–Kier alpha value is -1.57. The molecule has 0 fully saturated rings. The Balaban J connectivity index is 2.92. The molecule has 66 valence electrons. The second-order valence-electron chi connectivity index (χ2n) is 3.26. The normalized spacial score (nSPS) is 10.6. The third-order valence-electron chi connectivity index (χ3n) is 2.50. The maximum Gasteiger partial charge on any atom is 0.152 e. The second kappa shape index (κ2) is 2.73. The van der Waals surface area contributed by atoms with E-state index >= 15 is 0 Å². The van der Waals surface area contributed by atoms with Crippen molar-refractivity contribution in [2.45, 2.75) is 13.8 Å². The van der Waals surface area contributed by atoms with Crippen LogP contribution >= 0.6 is 0 Å². The van der Waals surface area contributed by atoms with Crippen molar-refractivity contribution in [1.29, 1.82) is 0 Å². The largest absolute Gasteiger partial charge is 0.358 e. The molecule has 0 saturated carbocycles. The highest BCUT2D eigenvalue weighted by molar-refractivity contribution is 5.97. The molecule has 0 amide bonds. The highest BCUT2D eigenvalue weighted by Gasteiger charge is 2.06. The Labute approximate surface area is 76.6 Å². The van der Waals surface area contributed by atoms with Crippen LogP contribution in [0.5, 0.6) is 0 Å². The predicted molar refractivity (Wildman–Crippen MR) is 53.2 cm³/mol. The zero-order chi connectivity index (χ0) is 9.42. The lowest BCUT2D eigenvalue weighted by Crippen LogP contribution is -1.81. The van der Waals surface area contributed by atoms with Crippen LogP contribution in [0.15, 0.2) is 18.2 Å². The molecule has 0 aliphatic carbocycles. The number of H-pyrrole nitrogens is 1. The van der Waals surface area contributed by atoms with Crippen molar-refractivity contribution >= 4 is 17.2 Å². The number of para-hydroxylation sites is 1. The van der Waals surface area contributed by atoms with E-state index in [1.807, 2.05) is 25.1 Å². The fraction of sp³-hybridized carbons (Fsp3) is 0.182. The van der Waals surface area contributed by atoms with Gasteiger partial charge in [0.1, 0.15) is 0 Å². The molecule has 0 atom stereocenters. The first-order chi connectivity index (χ1) is 6.24. The molecular formula is C11H11NO. The van der Waals surface area contributed by atoms with Gasteiger partial charge in [-0.05, 0) is 25.5 Å². The summed E-state index contributed by atoms with van der Waals surface area (Å²) in [5.41, 5.74) is 4.03. The first-order valence-electron chi connectivity index (χ1n) is 4.27. The lowest BCUT2D eigenvalue weighted by molar-refractivity contribution is 0.112. The quantitative estimate of drug-likeness (QED) is 0.660. The number of aldehydes is 1. The summed E-state index contributed by atoms with van der Waals surface area (Å²) in [7, 11) is 0. The average Bonchev–Trinajstić information content (AvgIpc) is 2.43. The third kappa shape index (κ3) is 1.06. The molecule has 0 aliphatic rings. The van der Waals surface area contributed by atoms with Crippen molar-refractivity contribution in [3.8, 4) is 0 Å². The number of benzene rings is 1. The Kier molecular flexibility index (Phi) is 1.69. The van der Waals surface area contributed by atoms with E-state index in [4.69, 9.17) is 0 Å². The van der Waals surface area contributed by atoms with Crippen LogP contribution in [0.1, 0.15) is 21.6 Å². The van der Waals surface area contributed by atoms with Crippen LogP contribution in [0.3, 0.4) is 0 Å². The number of rotatable bonds is 1. The van der Waals surface area contributed by atoms with Gasteiger partial charge in [-0.15, -0.1) is 0 Å². The van der Waals surface area contributed by atoms with E-state index in [1.165, 1.54) is 5.56 Å². The van der Waals surface area contributed by atoms with E-state index in [9.17, 15) is 4.79 Å². The van der Waals surface area contributed by atoms with Crippen molar-refractivity contribution in [2.24, 2.45) is 0 Å². The molecule has 2 aromatic rings. The minimum Gasteiger partial charge on any atom is -0.358 e. The molecule has 2 rings (SSSR count). The number of hydrogen-bond acceptors (Lipinski definition) is 1. The monoisotopic (exact) mass is 173 g/mol. The van der Waals surface area contributed by atoms with Gasteiger partial charge in [0, 0.05) is 16.6 Å². The Morgan fingerprint density at radius 2 is 2.08 bits per heavy atom. The van der Waals surface area contributed by atoms with Crippen LogP contribution in [-0.4, -0.2) is 11.3 Å². The lowest BCUT2D eigenvalue weighted by Gasteiger charge is -1.93. The van der Waals surface area contributed by atoms with Gasteiger partial charge >= 0.3 is 0 Å². The Morgan fingerprint density at radius 3 is 2.77 bits per heavy atom. The molecule has 0 aliphatic heterocycles. The molecule has 1 aromatic heterocycles. The van der Waals surface area contributed by atoms with Crippen LogP contribution in [0.25, 0.3) is 10.9 Å². The molecular weight excluding hydrogens is 162 g/mol. The number of hydrogen-bond donors (Lipinski definition) is 1. The van der Waals surface area contributed by atoms with Crippen LogP contribution < -0.4 is 0 Å². The van der Waals surface area contributed by atoms with Crippen molar-refractivity contribution < 1.29 is 4.79 Å². The van der Waals surface area contributed by atoms with Crippen molar-refractivity contribution in [3.05, 3.63) is 35.0 Å². The zero-order valence-corrected chi connectivity index (χ0v) is 7.72. The first-order valence-corrected chi connectivity index (χ1v) is 4.27. The van der Waals surface area contributed by atoms with Gasteiger partial charge in [0.05, 0.1) is 5.52 Å². The van der Waals surface area contributed by atoms with Crippen molar-refractivity contribution in [2.75, 3.05) is 0 Å². The molecule has 13 heavy (non-hydrogen) atoms. The molecule has 0 bridgehead atoms. The maximum absolute atomic E-state index is 10.7. The van der Waals surface area contributed by atoms with Gasteiger partial charge in [-0.3, -0.25) is 4.79 Å². The molecule has 0 radical (unpaired) electrons. The predicted octanol–water partition coefficient (Wildman–Crippen LogP) is 2.60. The highest BCUT2D eigenvalue weighted by Crippen LogP contribution is 2.22. The third-order valence-corrected chi connectivity index (χ3v) is 2.50. The molecule has 2 heteroatoms. The van der Waals surface area contributed by atoms with E-state index in [1.54, 1.807) is 0 Å². The summed E-state index contributed by atoms with van der Waals surface area (Å²) >= 11 is 0. The highest BCUT2D eigenvalue weighted by atomic mass is 16.1. The number of aromatic nitrogens is 1. The standard InChI is InChI=1S/C11H11NO/c1-7-8(2)12-11-9(6-13)4-3-5-10(7)11/h3-6,12H,1-2H3. The minimum absolute atomic E-state index is 0.730. The van der Waals surface area contributed by atoms with E-state index in [0.717, 1.165) is 28.4 Å². The van der Waals surface area contributed by atoms with E-state index in [2.05, 4.69) is 11.9 Å². The molecule has 2 nitrogen and oxygen atoms in total. The Bertz CT molecular complexity index is 468. The zero-order valence-electron chi connectivity index (χ0n) is 7.72. The number of fused-ring (bicyclic) bond motifs is 1. The molecule has 1 heterocycles. The van der Waals surface area contributed by atoms with Gasteiger partial charge in [0.2, 0.25) is 0 Å². The second-order valence-corrected chi connectivity index (χ2v) is 3.26. The topological polar surface area (TPSA) is 32.9 Å². The summed E-state index contributed by atoms with van der Waals surface area (Å²) < 4.78 is 0. The van der Waals surface area contributed by atoms with Crippen LogP contribution in [0.4, 0.5) is 0 Å². The lowest BCUT2D eigenvalue weighted by atomic mass is 10.1. The summed E-state index contributed by atoms with van der Waals surface area (Å²) in [6, 6.07) is 5.76. The van der Waals surface area contributed by atoms with Crippen LogP contribution in [0, 0.1) is 13.8 Å². The smallest absolute Gasteiger partial charge is 0.152 e. The number of nitrogens with one attached hydrogen (secondary N) is 1. The number of aromatic amines is 1. The summed E-state index contributed by atoms with van der Waals surface area (Å²) in [6.45, 7) is 4.08. The molecule has 0 unspecified atom stereocenters. The van der Waals surface area contributed by atoms with Gasteiger partial charge < -0.3 is 4.98 Å². The van der Waals surface area contributed by atoms with Gasteiger partial charge in [-0.25, -0.2) is 0 Å². The Morgan fingerprint density at radius 1 is 1.31 bits per heavy atom. The van der Waals surface area contributed by atoms with Crippen LogP contribution in [0.2, 0.25) is 0 Å². The number of aryl methyl sites for hydroxylation is 2. The summed E-state index contributed by atoms with van der Waals surface area (Å²) in [4.78, 5) is 13.9. The first kappa shape index (κ1) is 8.05. The van der Waals surface area contributed by atoms with Crippen LogP contribution in [-0.2, 0) is 0 Å². The molecule has 0 saturated heterocycles. The van der Waals surface area contributed by atoms with Gasteiger partial charge in [0.15, 0.2) is 6.29 Å². The minimum atomic E-state index is 0.730. The SMILES string of the molecule is Cc1[nH]c2c(C=O)cccc2c1C. The van der Waals surface area contributed by atoms with E-state index in [0.29, 0.717) is 0 Å². The fourth-order valence-corrected chi connectivity index (χ4v) is 1.60. The van der Waals surface area contributed by atoms with Gasteiger partial charge in [-0.2, -0.15) is 0 Å². The van der Waals surface area contributed by atoms with Gasteiger partial charge in [-0.1, -0.05) is 12.1 Å². The summed E-state index contributed by atoms with van der Waals surface area (Å²) in [6.07, 6.45) is 0.887. The van der Waals surface area contributed by atoms with Crippen molar-refractivity contribution in [1.82, 2.24) is 4.98 Å².